The van der Waals surface area contributed by atoms with Gasteiger partial charge in [0.05, 0.1) is 17.7 Å². The molecule has 4 rings (SSSR count). The zero-order valence-electron chi connectivity index (χ0n) is 15.1. The zero-order valence-corrected chi connectivity index (χ0v) is 16.0. The van der Waals surface area contributed by atoms with E-state index in [0.29, 0.717) is 13.0 Å². The lowest BCUT2D eigenvalue weighted by Gasteiger charge is -2.13. The summed E-state index contributed by atoms with van der Waals surface area (Å²) in [6.45, 7) is 2.50. The Labute approximate surface area is 162 Å². The number of hydrogen-bond acceptors (Lipinski definition) is 5. The minimum Gasteiger partial charge on any atom is -0.487 e. The van der Waals surface area contributed by atoms with Crippen molar-refractivity contribution in [3.63, 3.8) is 0 Å². The van der Waals surface area contributed by atoms with E-state index in [0.717, 1.165) is 35.4 Å². The van der Waals surface area contributed by atoms with Gasteiger partial charge in [-0.1, -0.05) is 18.2 Å². The normalized spacial score (nSPS) is 15.2. The predicted molar refractivity (Wildman–Crippen MR) is 106 cm³/mol. The van der Waals surface area contributed by atoms with E-state index in [4.69, 9.17) is 4.74 Å². The Morgan fingerprint density at radius 2 is 2.15 bits per heavy atom. The third kappa shape index (κ3) is 4.01. The maximum atomic E-state index is 12.2. The number of thiazole rings is 1. The lowest BCUT2D eigenvalue weighted by Crippen LogP contribution is -2.34. The summed E-state index contributed by atoms with van der Waals surface area (Å²) in [5, 5.41) is 3.01. The first kappa shape index (κ1) is 17.7. The van der Waals surface area contributed by atoms with Crippen molar-refractivity contribution in [1.29, 1.82) is 0 Å². The first-order valence-corrected chi connectivity index (χ1v) is 9.93. The van der Waals surface area contributed by atoms with Gasteiger partial charge in [0, 0.05) is 35.7 Å². The molecule has 0 aliphatic carbocycles. The zero-order chi connectivity index (χ0) is 18.6. The highest BCUT2D eigenvalue weighted by Crippen LogP contribution is 2.38. The topological polar surface area (TPSA) is 64.1 Å². The van der Waals surface area contributed by atoms with Gasteiger partial charge in [0.2, 0.25) is 5.91 Å². The average Bonchev–Trinajstić information content (AvgIpc) is 3.30. The molecule has 0 saturated heterocycles. The lowest BCUT2D eigenvalue weighted by molar-refractivity contribution is -0.121. The SMILES string of the molecule is Cc1ncsc1CCC(=O)NC[C@@H]1Cc2cccc(-c3ccncc3)c2O1. The monoisotopic (exact) mass is 379 g/mol. The molecule has 27 heavy (non-hydrogen) atoms. The standard InChI is InChI=1S/C21H21N3O2S/c1-14-19(27-13-24-14)5-6-20(25)23-12-17-11-16-3-2-4-18(21(16)26-17)15-7-9-22-10-8-15/h2-4,7-10,13,17H,5-6,11-12H2,1H3,(H,23,25)/t17-/m0/s1. The molecule has 0 radical (unpaired) electrons. The number of aromatic nitrogens is 2. The molecular formula is C21H21N3O2S. The minimum atomic E-state index is -0.0305. The molecule has 1 atom stereocenters. The first-order valence-electron chi connectivity index (χ1n) is 9.05. The van der Waals surface area contributed by atoms with E-state index in [1.54, 1.807) is 23.7 Å². The van der Waals surface area contributed by atoms with Crippen LogP contribution in [0.25, 0.3) is 11.1 Å². The van der Waals surface area contributed by atoms with Crippen LogP contribution in [0, 0.1) is 6.92 Å². The smallest absolute Gasteiger partial charge is 0.220 e. The summed E-state index contributed by atoms with van der Waals surface area (Å²) in [6, 6.07) is 10.2. The van der Waals surface area contributed by atoms with Crippen molar-refractivity contribution in [1.82, 2.24) is 15.3 Å². The van der Waals surface area contributed by atoms with Crippen LogP contribution in [0.3, 0.4) is 0 Å². The fourth-order valence-corrected chi connectivity index (χ4v) is 4.10. The van der Waals surface area contributed by atoms with Crippen molar-refractivity contribution in [3.05, 3.63) is 64.4 Å². The Morgan fingerprint density at radius 1 is 1.30 bits per heavy atom. The van der Waals surface area contributed by atoms with Crippen LogP contribution in [0.2, 0.25) is 0 Å². The van der Waals surface area contributed by atoms with E-state index in [-0.39, 0.29) is 12.0 Å². The Morgan fingerprint density at radius 3 is 2.93 bits per heavy atom. The van der Waals surface area contributed by atoms with E-state index < -0.39 is 0 Å². The van der Waals surface area contributed by atoms with Crippen molar-refractivity contribution in [2.75, 3.05) is 6.54 Å². The van der Waals surface area contributed by atoms with Crippen molar-refractivity contribution in [2.45, 2.75) is 32.3 Å². The molecule has 1 aromatic carbocycles. The summed E-state index contributed by atoms with van der Waals surface area (Å²) in [5.74, 6) is 0.972. The summed E-state index contributed by atoms with van der Waals surface area (Å²) in [7, 11) is 0. The molecule has 0 saturated carbocycles. The number of carbonyl (C=O) groups is 1. The molecule has 2 aromatic heterocycles. The summed E-state index contributed by atoms with van der Waals surface area (Å²) in [5.41, 5.74) is 6.19. The van der Waals surface area contributed by atoms with Crippen molar-refractivity contribution in [2.24, 2.45) is 0 Å². The lowest BCUT2D eigenvalue weighted by atomic mass is 10.0. The van der Waals surface area contributed by atoms with Crippen LogP contribution in [0.5, 0.6) is 5.75 Å². The third-order valence-electron chi connectivity index (χ3n) is 4.77. The van der Waals surface area contributed by atoms with Gasteiger partial charge in [0.15, 0.2) is 0 Å². The number of amides is 1. The molecule has 1 N–H and O–H groups in total. The first-order chi connectivity index (χ1) is 13.2. The fraction of sp³-hybridized carbons (Fsp3) is 0.286. The second-order valence-corrected chi connectivity index (χ2v) is 7.58. The quantitative estimate of drug-likeness (QED) is 0.711. The second kappa shape index (κ2) is 7.88. The average molecular weight is 379 g/mol. The number of benzene rings is 1. The molecule has 0 bridgehead atoms. The maximum absolute atomic E-state index is 12.2. The van der Waals surface area contributed by atoms with Gasteiger partial charge in [-0.3, -0.25) is 9.78 Å². The van der Waals surface area contributed by atoms with Crippen LogP contribution in [0.4, 0.5) is 0 Å². The van der Waals surface area contributed by atoms with Gasteiger partial charge >= 0.3 is 0 Å². The molecule has 6 heteroatoms. The molecule has 3 aromatic rings. The predicted octanol–water partition coefficient (Wildman–Crippen LogP) is 3.57. The molecule has 0 unspecified atom stereocenters. The van der Waals surface area contributed by atoms with Gasteiger partial charge in [0.1, 0.15) is 11.9 Å². The molecule has 138 valence electrons. The molecule has 1 amide bonds. The van der Waals surface area contributed by atoms with Gasteiger partial charge < -0.3 is 10.1 Å². The highest BCUT2D eigenvalue weighted by molar-refractivity contribution is 7.09. The Balaban J connectivity index is 1.34. The number of rotatable bonds is 6. The van der Waals surface area contributed by atoms with Crippen LogP contribution in [-0.4, -0.2) is 28.5 Å². The summed E-state index contributed by atoms with van der Waals surface area (Å²) < 4.78 is 6.17. The van der Waals surface area contributed by atoms with Gasteiger partial charge in [-0.2, -0.15) is 0 Å². The van der Waals surface area contributed by atoms with Crippen molar-refractivity contribution in [3.8, 4) is 16.9 Å². The maximum Gasteiger partial charge on any atom is 0.220 e. The van der Waals surface area contributed by atoms with Crippen LogP contribution in [0.1, 0.15) is 22.6 Å². The molecule has 3 heterocycles. The number of pyridine rings is 1. The molecular weight excluding hydrogens is 358 g/mol. The van der Waals surface area contributed by atoms with E-state index in [2.05, 4.69) is 33.5 Å². The van der Waals surface area contributed by atoms with Gasteiger partial charge in [-0.15, -0.1) is 11.3 Å². The number of carbonyl (C=O) groups excluding carboxylic acids is 1. The van der Waals surface area contributed by atoms with Crippen LogP contribution in [0.15, 0.2) is 48.2 Å². The molecule has 0 fully saturated rings. The van der Waals surface area contributed by atoms with Crippen LogP contribution >= 0.6 is 11.3 Å². The summed E-state index contributed by atoms with van der Waals surface area (Å²) in [4.78, 5) is 21.7. The van der Waals surface area contributed by atoms with Crippen LogP contribution in [-0.2, 0) is 17.6 Å². The van der Waals surface area contributed by atoms with E-state index in [1.165, 1.54) is 10.4 Å². The van der Waals surface area contributed by atoms with Gasteiger partial charge in [-0.25, -0.2) is 4.98 Å². The van der Waals surface area contributed by atoms with Crippen molar-refractivity contribution < 1.29 is 9.53 Å². The fourth-order valence-electron chi connectivity index (χ4n) is 3.32. The number of fused-ring (bicyclic) bond motifs is 1. The number of nitrogens with one attached hydrogen (secondary N) is 1. The van der Waals surface area contributed by atoms with Gasteiger partial charge in [0.25, 0.3) is 0 Å². The summed E-state index contributed by atoms with van der Waals surface area (Å²) >= 11 is 1.61. The number of nitrogens with zero attached hydrogens (tertiary/aromatic N) is 2. The second-order valence-electron chi connectivity index (χ2n) is 6.64. The van der Waals surface area contributed by atoms with E-state index in [9.17, 15) is 4.79 Å². The Bertz CT molecular complexity index is 940. The molecule has 1 aliphatic rings. The van der Waals surface area contributed by atoms with Crippen molar-refractivity contribution >= 4 is 17.2 Å². The third-order valence-corrected chi connectivity index (χ3v) is 5.77. The minimum absolute atomic E-state index is 0.0305. The number of para-hydroxylation sites is 1. The highest BCUT2D eigenvalue weighted by Gasteiger charge is 2.26. The number of ether oxygens (including phenoxy) is 1. The molecule has 5 nitrogen and oxygen atoms in total. The largest absolute Gasteiger partial charge is 0.487 e. The Kier molecular flexibility index (Phi) is 5.16. The highest BCUT2D eigenvalue weighted by atomic mass is 32.1. The van der Waals surface area contributed by atoms with Crippen LogP contribution < -0.4 is 10.1 Å². The molecule has 1 aliphatic heterocycles. The van der Waals surface area contributed by atoms with E-state index >= 15 is 0 Å². The van der Waals surface area contributed by atoms with E-state index in [1.807, 2.05) is 24.6 Å². The van der Waals surface area contributed by atoms with Gasteiger partial charge in [-0.05, 0) is 36.6 Å². The Hall–Kier alpha value is -2.73. The number of hydrogen-bond donors (Lipinski definition) is 1. The molecule has 0 spiro atoms. The summed E-state index contributed by atoms with van der Waals surface area (Å²) in [6.07, 6.45) is 5.56. The number of aryl methyl sites for hydroxylation is 2.